The molecule has 0 spiro atoms. The molecular formula is C30H27FN4O4S. The van der Waals surface area contributed by atoms with Gasteiger partial charge in [0.25, 0.3) is 0 Å². The fourth-order valence-corrected chi connectivity index (χ4v) is 6.13. The van der Waals surface area contributed by atoms with Gasteiger partial charge in [0.15, 0.2) is 11.5 Å². The zero-order valence-corrected chi connectivity index (χ0v) is 22.8. The van der Waals surface area contributed by atoms with Gasteiger partial charge in [0.05, 0.1) is 22.4 Å². The van der Waals surface area contributed by atoms with Crippen LogP contribution < -0.4 is 19.7 Å². The van der Waals surface area contributed by atoms with Crippen LogP contribution in [-0.2, 0) is 9.59 Å². The third-order valence-electron chi connectivity index (χ3n) is 6.66. The van der Waals surface area contributed by atoms with Crippen molar-refractivity contribution < 1.29 is 23.5 Å². The van der Waals surface area contributed by atoms with Gasteiger partial charge in [-0.2, -0.15) is 5.10 Å². The van der Waals surface area contributed by atoms with Crippen molar-refractivity contribution in [2.24, 2.45) is 0 Å². The van der Waals surface area contributed by atoms with Crippen LogP contribution in [0.5, 0.6) is 11.5 Å². The third-order valence-corrected chi connectivity index (χ3v) is 7.91. The third kappa shape index (κ3) is 4.90. The lowest BCUT2D eigenvalue weighted by Gasteiger charge is -2.23. The molecule has 1 atom stereocenters. The minimum absolute atomic E-state index is 0.0910. The van der Waals surface area contributed by atoms with Crippen LogP contribution in [0.1, 0.15) is 30.2 Å². The standard InChI is InChI=1S/C30H27FN4O4S/c1-18(2)32-25(36)15-34-26(37)16-40-29(20-8-13-23-24(14-20)39-17-38-23)27-28(19-6-4-3-5-7-19)33-35(30(27)34)22-11-9-21(31)10-12-22/h3-14,18,29H,15-17H2,1-2H3,(H,32,36). The average Bonchev–Trinajstić information content (AvgIpc) is 3.54. The van der Waals surface area contributed by atoms with Crippen molar-refractivity contribution in [3.63, 3.8) is 0 Å². The number of anilines is 1. The molecule has 2 amide bonds. The first-order valence-electron chi connectivity index (χ1n) is 12.9. The molecule has 3 heterocycles. The second kappa shape index (κ2) is 10.7. The fraction of sp³-hybridized carbons (Fsp3) is 0.233. The van der Waals surface area contributed by atoms with Gasteiger partial charge in [-0.3, -0.25) is 14.5 Å². The van der Waals surface area contributed by atoms with E-state index in [4.69, 9.17) is 14.6 Å². The number of ether oxygens (including phenoxy) is 2. The van der Waals surface area contributed by atoms with Gasteiger partial charge in [-0.15, -0.1) is 11.8 Å². The van der Waals surface area contributed by atoms with E-state index in [2.05, 4.69) is 5.32 Å². The van der Waals surface area contributed by atoms with Gasteiger partial charge < -0.3 is 14.8 Å². The average molecular weight is 559 g/mol. The lowest BCUT2D eigenvalue weighted by atomic mass is 9.99. The SMILES string of the molecule is CC(C)NC(=O)CN1C(=O)CSC(c2ccc3c(c2)OCO3)c2c(-c3ccccc3)nn(-c3ccc(F)cc3)c21. The molecule has 0 saturated heterocycles. The van der Waals surface area contributed by atoms with Crippen LogP contribution >= 0.6 is 11.8 Å². The quantitative estimate of drug-likeness (QED) is 0.355. The van der Waals surface area contributed by atoms with Gasteiger partial charge in [-0.1, -0.05) is 36.4 Å². The maximum absolute atomic E-state index is 13.9. The maximum atomic E-state index is 13.9. The molecule has 8 nitrogen and oxygen atoms in total. The molecule has 0 saturated carbocycles. The molecule has 3 aromatic carbocycles. The lowest BCUT2D eigenvalue weighted by molar-refractivity contribution is -0.123. The van der Waals surface area contributed by atoms with Gasteiger partial charge in [-0.25, -0.2) is 9.07 Å². The Morgan fingerprint density at radius 2 is 1.82 bits per heavy atom. The van der Waals surface area contributed by atoms with Gasteiger partial charge in [0.1, 0.15) is 18.2 Å². The number of amides is 2. The summed E-state index contributed by atoms with van der Waals surface area (Å²) in [5.41, 5.74) is 3.78. The number of carbonyl (C=O) groups is 2. The van der Waals surface area contributed by atoms with Crippen LogP contribution in [0.25, 0.3) is 16.9 Å². The van der Waals surface area contributed by atoms with Crippen LogP contribution in [-0.4, -0.2) is 46.7 Å². The number of carbonyl (C=O) groups excluding carboxylic acids is 2. The number of benzene rings is 3. The number of aromatic nitrogens is 2. The van der Waals surface area contributed by atoms with Crippen LogP contribution in [0.15, 0.2) is 72.8 Å². The summed E-state index contributed by atoms with van der Waals surface area (Å²) < 4.78 is 26.8. The predicted molar refractivity (Wildman–Crippen MR) is 151 cm³/mol. The van der Waals surface area contributed by atoms with Gasteiger partial charge in [-0.05, 0) is 55.8 Å². The molecule has 2 aliphatic heterocycles. The van der Waals surface area contributed by atoms with Crippen molar-refractivity contribution >= 4 is 29.4 Å². The summed E-state index contributed by atoms with van der Waals surface area (Å²) in [4.78, 5) is 28.2. The topological polar surface area (TPSA) is 85.7 Å². The van der Waals surface area contributed by atoms with E-state index < -0.39 is 0 Å². The van der Waals surface area contributed by atoms with Gasteiger partial charge in [0, 0.05) is 17.2 Å². The summed E-state index contributed by atoms with van der Waals surface area (Å²) >= 11 is 1.47. The first-order valence-corrected chi connectivity index (χ1v) is 14.0. The van der Waals surface area contributed by atoms with E-state index in [1.807, 2.05) is 62.4 Å². The van der Waals surface area contributed by atoms with Crippen molar-refractivity contribution in [2.45, 2.75) is 25.1 Å². The summed E-state index contributed by atoms with van der Waals surface area (Å²) in [5, 5.41) is 7.57. The number of nitrogens with zero attached hydrogens (tertiary/aromatic N) is 3. The Balaban J connectivity index is 1.60. The van der Waals surface area contributed by atoms with E-state index in [1.165, 1.54) is 28.8 Å². The van der Waals surface area contributed by atoms with E-state index >= 15 is 0 Å². The molecule has 0 radical (unpaired) electrons. The van der Waals surface area contributed by atoms with Crippen LogP contribution in [0, 0.1) is 5.82 Å². The van der Waals surface area contributed by atoms with Gasteiger partial charge >= 0.3 is 0 Å². The Labute approximate surface area is 235 Å². The molecule has 6 rings (SSSR count). The second-order valence-electron chi connectivity index (χ2n) is 9.85. The monoisotopic (exact) mass is 558 g/mol. The Kier molecular flexibility index (Phi) is 6.93. The highest BCUT2D eigenvalue weighted by Gasteiger charge is 2.38. The van der Waals surface area contributed by atoms with Crippen molar-refractivity contribution in [3.05, 3.63) is 89.7 Å². The van der Waals surface area contributed by atoms with E-state index in [0.717, 1.165) is 16.7 Å². The normalized spacial score (nSPS) is 16.1. The molecule has 4 aromatic rings. The predicted octanol–water partition coefficient (Wildman–Crippen LogP) is 5.10. The number of fused-ring (bicyclic) bond motifs is 2. The van der Waals surface area contributed by atoms with E-state index in [-0.39, 0.29) is 48.0 Å². The highest BCUT2D eigenvalue weighted by molar-refractivity contribution is 8.00. The van der Waals surface area contributed by atoms with E-state index in [9.17, 15) is 14.0 Å². The van der Waals surface area contributed by atoms with Crippen molar-refractivity contribution in [2.75, 3.05) is 24.0 Å². The largest absolute Gasteiger partial charge is 0.454 e. The Morgan fingerprint density at radius 3 is 2.58 bits per heavy atom. The molecule has 1 N–H and O–H groups in total. The second-order valence-corrected chi connectivity index (χ2v) is 10.9. The number of rotatable bonds is 6. The van der Waals surface area contributed by atoms with E-state index in [0.29, 0.717) is 28.7 Å². The Bertz CT molecular complexity index is 1570. The van der Waals surface area contributed by atoms with Crippen molar-refractivity contribution in [1.82, 2.24) is 15.1 Å². The number of halogens is 1. The highest BCUT2D eigenvalue weighted by atomic mass is 32.2. The minimum Gasteiger partial charge on any atom is -0.454 e. The fourth-order valence-electron chi connectivity index (χ4n) is 4.94. The molecule has 0 bridgehead atoms. The Morgan fingerprint density at radius 1 is 1.07 bits per heavy atom. The number of nitrogens with one attached hydrogen (secondary N) is 1. The summed E-state index contributed by atoms with van der Waals surface area (Å²) in [6.45, 7) is 3.71. The van der Waals surface area contributed by atoms with Gasteiger partial charge in [0.2, 0.25) is 18.6 Å². The molecule has 10 heteroatoms. The highest BCUT2D eigenvalue weighted by Crippen LogP contribution is 2.50. The molecule has 1 unspecified atom stereocenters. The molecular weight excluding hydrogens is 531 g/mol. The molecule has 2 aliphatic rings. The summed E-state index contributed by atoms with van der Waals surface area (Å²) in [7, 11) is 0. The smallest absolute Gasteiger partial charge is 0.240 e. The summed E-state index contributed by atoms with van der Waals surface area (Å²) in [5.74, 6) is 1.02. The lowest BCUT2D eigenvalue weighted by Crippen LogP contribution is -2.44. The van der Waals surface area contributed by atoms with Crippen molar-refractivity contribution in [3.8, 4) is 28.4 Å². The molecule has 0 aliphatic carbocycles. The minimum atomic E-state index is -0.386. The molecule has 1 aromatic heterocycles. The molecule has 204 valence electrons. The van der Waals surface area contributed by atoms with Crippen LogP contribution in [0.3, 0.4) is 0 Å². The number of hydrogen-bond acceptors (Lipinski definition) is 6. The summed E-state index contributed by atoms with van der Waals surface area (Å²) in [6.07, 6.45) is 0. The number of hydrogen-bond donors (Lipinski definition) is 1. The van der Waals surface area contributed by atoms with Crippen molar-refractivity contribution in [1.29, 1.82) is 0 Å². The number of thioether (sulfide) groups is 1. The zero-order valence-electron chi connectivity index (χ0n) is 22.0. The first kappa shape index (κ1) is 25.9. The maximum Gasteiger partial charge on any atom is 0.240 e. The molecule has 0 fully saturated rings. The first-order chi connectivity index (χ1) is 19.4. The van der Waals surface area contributed by atoms with E-state index in [1.54, 1.807) is 16.8 Å². The Hall–Kier alpha value is -4.31. The zero-order chi connectivity index (χ0) is 27.8. The summed E-state index contributed by atoms with van der Waals surface area (Å²) in [6, 6.07) is 21.3. The molecule has 40 heavy (non-hydrogen) atoms. The van der Waals surface area contributed by atoms with Crippen LogP contribution in [0.2, 0.25) is 0 Å². The van der Waals surface area contributed by atoms with Crippen LogP contribution in [0.4, 0.5) is 10.2 Å².